The van der Waals surface area contributed by atoms with Gasteiger partial charge in [0, 0.05) is 10.2 Å². The summed E-state index contributed by atoms with van der Waals surface area (Å²) in [6.45, 7) is 0. The van der Waals surface area contributed by atoms with E-state index in [0.29, 0.717) is 11.5 Å². The van der Waals surface area contributed by atoms with E-state index < -0.39 is 9.83 Å². The summed E-state index contributed by atoms with van der Waals surface area (Å²) in [5.74, 6) is 0.840. The van der Waals surface area contributed by atoms with Gasteiger partial charge < -0.3 is 4.74 Å². The van der Waals surface area contributed by atoms with Gasteiger partial charge in [0.2, 0.25) is 0 Å². The van der Waals surface area contributed by atoms with Crippen molar-refractivity contribution in [3.8, 4) is 0 Å². The van der Waals surface area contributed by atoms with Crippen LogP contribution in [0, 0.1) is 0 Å². The van der Waals surface area contributed by atoms with Gasteiger partial charge in [0.05, 0.1) is 22.0 Å². The molecule has 0 radical (unpaired) electrons. The van der Waals surface area contributed by atoms with Gasteiger partial charge in [0.25, 0.3) is 0 Å². The summed E-state index contributed by atoms with van der Waals surface area (Å²) in [6.07, 6.45) is 0.0740. The van der Waals surface area contributed by atoms with Crippen molar-refractivity contribution in [1.29, 1.82) is 0 Å². The summed E-state index contributed by atoms with van der Waals surface area (Å²) in [4.78, 5) is 11.6. The van der Waals surface area contributed by atoms with Crippen LogP contribution in [0.25, 0.3) is 0 Å². The fourth-order valence-corrected chi connectivity index (χ4v) is 4.61. The van der Waals surface area contributed by atoms with Crippen LogP contribution in [0.3, 0.4) is 0 Å². The lowest BCUT2D eigenvalue weighted by Gasteiger charge is -2.09. The molecule has 92 valence electrons. The maximum absolute atomic E-state index is 11.6. The average molecular weight is 335 g/mol. The summed E-state index contributed by atoms with van der Waals surface area (Å²) in [5.41, 5.74) is 0.921. The van der Waals surface area contributed by atoms with Crippen LogP contribution in [-0.4, -0.2) is 27.8 Å². The molecule has 2 rings (SSSR count). The standard InChI is InChI=1S/C11H11BrO3S2/c12-9-3-1-8(2-4-9)5-11(13)15-10-6-16-17(14)7-10/h1-4,10H,5-7H2. The van der Waals surface area contributed by atoms with Crippen LogP contribution in [0.5, 0.6) is 0 Å². The van der Waals surface area contributed by atoms with E-state index in [2.05, 4.69) is 15.9 Å². The fraction of sp³-hybridized carbons (Fsp3) is 0.364. The molecular weight excluding hydrogens is 324 g/mol. The molecule has 1 saturated heterocycles. The molecule has 0 amide bonds. The first kappa shape index (κ1) is 13.1. The third-order valence-electron chi connectivity index (χ3n) is 2.27. The van der Waals surface area contributed by atoms with Gasteiger partial charge in [-0.2, -0.15) is 0 Å². The molecule has 0 saturated carbocycles. The molecule has 1 aromatic rings. The van der Waals surface area contributed by atoms with E-state index in [0.717, 1.165) is 10.0 Å². The second-order valence-corrected chi connectivity index (χ2v) is 7.92. The Morgan fingerprint density at radius 2 is 2.18 bits per heavy atom. The predicted octanol–water partition coefficient (Wildman–Crippen LogP) is 2.31. The van der Waals surface area contributed by atoms with Crippen molar-refractivity contribution >= 4 is 42.5 Å². The first-order chi connectivity index (χ1) is 8.13. The molecule has 0 N–H and O–H groups in total. The maximum atomic E-state index is 11.6. The van der Waals surface area contributed by atoms with Crippen LogP contribution in [0.15, 0.2) is 28.7 Å². The van der Waals surface area contributed by atoms with Crippen molar-refractivity contribution in [3.05, 3.63) is 34.3 Å². The van der Waals surface area contributed by atoms with Crippen molar-refractivity contribution in [3.63, 3.8) is 0 Å². The highest BCUT2D eigenvalue weighted by molar-refractivity contribution is 9.10. The van der Waals surface area contributed by atoms with E-state index in [1.54, 1.807) is 0 Å². The molecule has 0 bridgehead atoms. The number of ether oxygens (including phenoxy) is 1. The molecule has 1 aromatic carbocycles. The Bertz CT molecular complexity index is 433. The van der Waals surface area contributed by atoms with Crippen molar-refractivity contribution in [2.45, 2.75) is 12.5 Å². The first-order valence-corrected chi connectivity index (χ1v) is 8.70. The molecule has 1 heterocycles. The zero-order chi connectivity index (χ0) is 12.3. The minimum absolute atomic E-state index is 0.191. The SMILES string of the molecule is O=C(Cc1ccc(Br)cc1)OC1CSS(=O)C1. The fourth-order valence-electron chi connectivity index (χ4n) is 1.46. The van der Waals surface area contributed by atoms with E-state index in [1.807, 2.05) is 24.3 Å². The van der Waals surface area contributed by atoms with Gasteiger partial charge in [0.15, 0.2) is 0 Å². The molecule has 6 heteroatoms. The molecular formula is C11H11BrO3S2. The predicted molar refractivity (Wildman–Crippen MR) is 73.2 cm³/mol. The molecule has 2 atom stereocenters. The lowest BCUT2D eigenvalue weighted by Crippen LogP contribution is -2.21. The summed E-state index contributed by atoms with van der Waals surface area (Å²) in [7, 11) is 0.459. The van der Waals surface area contributed by atoms with Gasteiger partial charge in [0.1, 0.15) is 6.10 Å². The Labute approximate surface area is 114 Å². The summed E-state index contributed by atoms with van der Waals surface area (Å²) >= 11 is 3.34. The Morgan fingerprint density at radius 1 is 1.47 bits per heavy atom. The lowest BCUT2D eigenvalue weighted by molar-refractivity contribution is -0.146. The van der Waals surface area contributed by atoms with Crippen LogP contribution in [0.1, 0.15) is 5.56 Å². The van der Waals surface area contributed by atoms with Crippen molar-refractivity contribution in [1.82, 2.24) is 0 Å². The Balaban J connectivity index is 1.85. The topological polar surface area (TPSA) is 43.4 Å². The van der Waals surface area contributed by atoms with Gasteiger partial charge in [-0.25, -0.2) is 4.21 Å². The molecule has 0 aliphatic carbocycles. The van der Waals surface area contributed by atoms with Crippen molar-refractivity contribution < 1.29 is 13.7 Å². The third-order valence-corrected chi connectivity index (χ3v) is 5.82. The van der Waals surface area contributed by atoms with Gasteiger partial charge in [-0.1, -0.05) is 38.9 Å². The molecule has 1 aliphatic heterocycles. The number of benzene rings is 1. The second kappa shape index (κ2) is 6.02. The summed E-state index contributed by atoms with van der Waals surface area (Å²) < 4.78 is 17.3. The Hall–Kier alpha value is -0.330. The lowest BCUT2D eigenvalue weighted by atomic mass is 10.1. The second-order valence-electron chi connectivity index (χ2n) is 3.67. The normalized spacial score (nSPS) is 23.6. The molecule has 0 spiro atoms. The minimum Gasteiger partial charge on any atom is -0.460 e. The number of rotatable bonds is 3. The van der Waals surface area contributed by atoms with E-state index in [4.69, 9.17) is 4.74 Å². The highest BCUT2D eigenvalue weighted by atomic mass is 79.9. The average Bonchev–Trinajstić information content (AvgIpc) is 2.67. The van der Waals surface area contributed by atoms with Crippen LogP contribution >= 0.6 is 26.7 Å². The van der Waals surface area contributed by atoms with E-state index in [-0.39, 0.29) is 18.5 Å². The van der Waals surface area contributed by atoms with E-state index in [1.165, 1.54) is 10.8 Å². The molecule has 2 unspecified atom stereocenters. The van der Waals surface area contributed by atoms with Crippen molar-refractivity contribution in [2.75, 3.05) is 11.5 Å². The molecule has 3 nitrogen and oxygen atoms in total. The number of esters is 1. The molecule has 1 aliphatic rings. The zero-order valence-electron chi connectivity index (χ0n) is 8.93. The summed E-state index contributed by atoms with van der Waals surface area (Å²) in [6, 6.07) is 7.55. The number of carbonyl (C=O) groups excluding carboxylic acids is 1. The highest BCUT2D eigenvalue weighted by Gasteiger charge is 2.25. The number of hydrogen-bond donors (Lipinski definition) is 0. The van der Waals surface area contributed by atoms with Gasteiger partial charge in [-0.05, 0) is 17.7 Å². The number of hydrogen-bond acceptors (Lipinski definition) is 4. The third kappa shape index (κ3) is 4.12. The Kier molecular flexibility index (Phi) is 4.64. The Morgan fingerprint density at radius 3 is 2.76 bits per heavy atom. The van der Waals surface area contributed by atoms with Gasteiger partial charge >= 0.3 is 5.97 Å². The molecule has 1 fully saturated rings. The van der Waals surface area contributed by atoms with E-state index >= 15 is 0 Å². The number of carbonyl (C=O) groups is 1. The summed E-state index contributed by atoms with van der Waals surface area (Å²) in [5, 5.41) is 0. The smallest absolute Gasteiger partial charge is 0.310 e. The zero-order valence-corrected chi connectivity index (χ0v) is 12.1. The number of halogens is 1. The minimum atomic E-state index is -0.886. The largest absolute Gasteiger partial charge is 0.460 e. The monoisotopic (exact) mass is 334 g/mol. The molecule has 0 aromatic heterocycles. The van der Waals surface area contributed by atoms with Crippen LogP contribution in [-0.2, 0) is 25.8 Å². The van der Waals surface area contributed by atoms with E-state index in [9.17, 15) is 9.00 Å². The quantitative estimate of drug-likeness (QED) is 0.628. The van der Waals surface area contributed by atoms with Crippen LogP contribution in [0.4, 0.5) is 0 Å². The molecule has 17 heavy (non-hydrogen) atoms. The van der Waals surface area contributed by atoms with Crippen LogP contribution in [0.2, 0.25) is 0 Å². The first-order valence-electron chi connectivity index (χ1n) is 5.09. The maximum Gasteiger partial charge on any atom is 0.310 e. The van der Waals surface area contributed by atoms with Gasteiger partial charge in [-0.3, -0.25) is 4.79 Å². The van der Waals surface area contributed by atoms with Gasteiger partial charge in [-0.15, -0.1) is 0 Å². The highest BCUT2D eigenvalue weighted by Crippen LogP contribution is 2.22. The van der Waals surface area contributed by atoms with Crippen LogP contribution < -0.4 is 0 Å². The van der Waals surface area contributed by atoms with Crippen molar-refractivity contribution in [2.24, 2.45) is 0 Å².